The molecule has 0 saturated heterocycles. The highest BCUT2D eigenvalue weighted by molar-refractivity contribution is 7.09. The maximum atomic E-state index is 11.3. The molecule has 0 aliphatic heterocycles. The third-order valence-electron chi connectivity index (χ3n) is 3.86. The number of rotatable bonds is 4. The van der Waals surface area contributed by atoms with E-state index in [0.717, 1.165) is 30.0 Å². The molecule has 2 atom stereocenters. The summed E-state index contributed by atoms with van der Waals surface area (Å²) in [5, 5.41) is 16.2. The Labute approximate surface area is 126 Å². The van der Waals surface area contributed by atoms with Crippen molar-refractivity contribution < 1.29 is 14.4 Å². The van der Waals surface area contributed by atoms with Gasteiger partial charge in [-0.3, -0.25) is 4.79 Å². The number of hydrogen-bond acceptors (Lipinski definition) is 6. The molecule has 1 aliphatic rings. The first-order chi connectivity index (χ1) is 10.1. The maximum absolute atomic E-state index is 11.3. The molecule has 2 unspecified atom stereocenters. The highest BCUT2D eigenvalue weighted by Crippen LogP contribution is 2.37. The maximum Gasteiger partial charge on any atom is 0.307 e. The summed E-state index contributed by atoms with van der Waals surface area (Å²) in [6, 6.07) is 0. The average molecular weight is 307 g/mol. The van der Waals surface area contributed by atoms with Crippen LogP contribution in [0, 0.1) is 12.8 Å². The van der Waals surface area contributed by atoms with Crippen LogP contribution in [0.4, 0.5) is 0 Å². The Morgan fingerprint density at radius 3 is 2.95 bits per heavy atom. The second-order valence-corrected chi connectivity index (χ2v) is 6.39. The van der Waals surface area contributed by atoms with Crippen molar-refractivity contribution in [2.75, 3.05) is 0 Å². The summed E-state index contributed by atoms with van der Waals surface area (Å²) in [5.41, 5.74) is 0.983. The normalized spacial score (nSPS) is 22.3. The van der Waals surface area contributed by atoms with Gasteiger partial charge in [-0.2, -0.15) is 4.98 Å². The van der Waals surface area contributed by atoms with E-state index in [1.807, 2.05) is 12.3 Å². The van der Waals surface area contributed by atoms with E-state index in [2.05, 4.69) is 15.1 Å². The first-order valence-corrected chi connectivity index (χ1v) is 7.97. The topological polar surface area (TPSA) is 89.1 Å². The van der Waals surface area contributed by atoms with E-state index in [0.29, 0.717) is 24.6 Å². The summed E-state index contributed by atoms with van der Waals surface area (Å²) in [5.74, 6) is -0.292. The van der Waals surface area contributed by atoms with Crippen LogP contribution in [0.5, 0.6) is 0 Å². The summed E-state index contributed by atoms with van der Waals surface area (Å²) in [6.07, 6.45) is 3.98. The average Bonchev–Trinajstić information content (AvgIpc) is 3.08. The third-order valence-corrected chi connectivity index (χ3v) is 4.83. The van der Waals surface area contributed by atoms with Gasteiger partial charge in [0.05, 0.1) is 18.3 Å². The lowest BCUT2D eigenvalue weighted by molar-refractivity contribution is -0.143. The van der Waals surface area contributed by atoms with Crippen molar-refractivity contribution in [3.05, 3.63) is 27.8 Å². The van der Waals surface area contributed by atoms with Crippen LogP contribution < -0.4 is 0 Å². The summed E-state index contributed by atoms with van der Waals surface area (Å²) in [6.45, 7) is 1.95. The molecule has 112 valence electrons. The molecule has 1 aliphatic carbocycles. The van der Waals surface area contributed by atoms with E-state index >= 15 is 0 Å². The van der Waals surface area contributed by atoms with Crippen molar-refractivity contribution >= 4 is 17.3 Å². The molecule has 0 amide bonds. The van der Waals surface area contributed by atoms with E-state index in [4.69, 9.17) is 4.52 Å². The highest BCUT2D eigenvalue weighted by atomic mass is 32.1. The molecule has 6 nitrogen and oxygen atoms in total. The standard InChI is InChI=1S/C14H17N3O3S/c1-8-7-21-12(15-8)6-11-16-13(20-17-11)9-4-2-3-5-10(9)14(18)19/h7,9-10H,2-6H2,1H3,(H,18,19). The van der Waals surface area contributed by atoms with Crippen molar-refractivity contribution in [3.8, 4) is 0 Å². The fourth-order valence-corrected chi connectivity index (χ4v) is 3.60. The van der Waals surface area contributed by atoms with Crippen LogP contribution in [0.1, 0.15) is 54.0 Å². The highest BCUT2D eigenvalue weighted by Gasteiger charge is 2.35. The van der Waals surface area contributed by atoms with E-state index in [1.54, 1.807) is 11.3 Å². The van der Waals surface area contributed by atoms with Gasteiger partial charge in [-0.25, -0.2) is 4.98 Å². The van der Waals surface area contributed by atoms with Crippen LogP contribution in [0.15, 0.2) is 9.90 Å². The number of carbonyl (C=O) groups is 1. The molecule has 21 heavy (non-hydrogen) atoms. The Morgan fingerprint density at radius 1 is 1.43 bits per heavy atom. The number of aryl methyl sites for hydroxylation is 1. The predicted molar refractivity (Wildman–Crippen MR) is 76.3 cm³/mol. The van der Waals surface area contributed by atoms with Gasteiger partial charge in [-0.05, 0) is 19.8 Å². The summed E-state index contributed by atoms with van der Waals surface area (Å²) in [4.78, 5) is 20.1. The van der Waals surface area contributed by atoms with Gasteiger partial charge in [-0.1, -0.05) is 18.0 Å². The lowest BCUT2D eigenvalue weighted by atomic mass is 9.79. The van der Waals surface area contributed by atoms with E-state index in [-0.39, 0.29) is 5.92 Å². The van der Waals surface area contributed by atoms with Crippen molar-refractivity contribution in [2.24, 2.45) is 5.92 Å². The Hall–Kier alpha value is -1.76. The minimum atomic E-state index is -0.769. The van der Waals surface area contributed by atoms with E-state index in [1.165, 1.54) is 0 Å². The van der Waals surface area contributed by atoms with Gasteiger partial charge < -0.3 is 9.63 Å². The van der Waals surface area contributed by atoms with Crippen molar-refractivity contribution in [1.82, 2.24) is 15.1 Å². The zero-order chi connectivity index (χ0) is 14.8. The molecule has 2 aromatic heterocycles. The monoisotopic (exact) mass is 307 g/mol. The Balaban J connectivity index is 1.75. The Morgan fingerprint density at radius 2 is 2.24 bits per heavy atom. The van der Waals surface area contributed by atoms with Crippen LogP contribution in [0.25, 0.3) is 0 Å². The predicted octanol–water partition coefficient (Wildman–Crippen LogP) is 2.78. The van der Waals surface area contributed by atoms with Gasteiger partial charge in [0.25, 0.3) is 0 Å². The summed E-state index contributed by atoms with van der Waals surface area (Å²) >= 11 is 1.57. The first kappa shape index (κ1) is 14.2. The van der Waals surface area contributed by atoms with Gasteiger partial charge >= 0.3 is 5.97 Å². The molecule has 1 saturated carbocycles. The largest absolute Gasteiger partial charge is 0.481 e. The number of aliphatic carboxylic acids is 1. The number of hydrogen-bond donors (Lipinski definition) is 1. The van der Waals surface area contributed by atoms with Gasteiger partial charge in [0.15, 0.2) is 5.82 Å². The molecule has 7 heteroatoms. The summed E-state index contributed by atoms with van der Waals surface area (Å²) in [7, 11) is 0. The van der Waals surface area contributed by atoms with Crippen molar-refractivity contribution in [1.29, 1.82) is 0 Å². The molecular formula is C14H17N3O3S. The molecule has 0 radical (unpaired) electrons. The lowest BCUT2D eigenvalue weighted by Crippen LogP contribution is -2.25. The third kappa shape index (κ3) is 3.12. The zero-order valence-electron chi connectivity index (χ0n) is 11.8. The van der Waals surface area contributed by atoms with Crippen LogP contribution in [0.3, 0.4) is 0 Å². The number of carboxylic acids is 1. The van der Waals surface area contributed by atoms with Crippen LogP contribution in [-0.2, 0) is 11.2 Å². The second-order valence-electron chi connectivity index (χ2n) is 5.44. The summed E-state index contributed by atoms with van der Waals surface area (Å²) < 4.78 is 5.32. The van der Waals surface area contributed by atoms with Crippen LogP contribution >= 0.6 is 11.3 Å². The molecule has 3 rings (SSSR count). The second kappa shape index (κ2) is 5.93. The number of nitrogens with zero attached hydrogens (tertiary/aromatic N) is 3. The lowest BCUT2D eigenvalue weighted by Gasteiger charge is -2.25. The smallest absolute Gasteiger partial charge is 0.307 e. The van der Waals surface area contributed by atoms with E-state index in [9.17, 15) is 9.90 Å². The van der Waals surface area contributed by atoms with Gasteiger partial charge in [-0.15, -0.1) is 11.3 Å². The molecule has 2 heterocycles. The molecule has 1 N–H and O–H groups in total. The molecule has 0 bridgehead atoms. The molecule has 0 aromatic carbocycles. The Bertz CT molecular complexity index is 637. The minimum absolute atomic E-state index is 0.157. The zero-order valence-corrected chi connectivity index (χ0v) is 12.6. The fraction of sp³-hybridized carbons (Fsp3) is 0.571. The molecular weight excluding hydrogens is 290 g/mol. The van der Waals surface area contributed by atoms with Crippen LogP contribution in [0.2, 0.25) is 0 Å². The molecule has 1 fully saturated rings. The fourth-order valence-electron chi connectivity index (χ4n) is 2.83. The quantitative estimate of drug-likeness (QED) is 0.934. The van der Waals surface area contributed by atoms with E-state index < -0.39 is 11.9 Å². The molecule has 0 spiro atoms. The Kier molecular flexibility index (Phi) is 4.01. The number of carboxylic acid groups (broad SMARTS) is 1. The van der Waals surface area contributed by atoms with Gasteiger partial charge in [0, 0.05) is 11.1 Å². The van der Waals surface area contributed by atoms with Crippen LogP contribution in [-0.4, -0.2) is 26.2 Å². The number of thiazole rings is 1. The molecule has 2 aromatic rings. The van der Waals surface area contributed by atoms with Gasteiger partial charge in [0.2, 0.25) is 5.89 Å². The first-order valence-electron chi connectivity index (χ1n) is 7.10. The SMILES string of the molecule is Cc1csc(Cc2noc(C3CCCCC3C(=O)O)n2)n1. The minimum Gasteiger partial charge on any atom is -0.481 e. The van der Waals surface area contributed by atoms with Crippen molar-refractivity contribution in [2.45, 2.75) is 44.9 Å². The van der Waals surface area contributed by atoms with Crippen molar-refractivity contribution in [3.63, 3.8) is 0 Å². The number of aromatic nitrogens is 3. The van der Waals surface area contributed by atoms with Gasteiger partial charge in [0.1, 0.15) is 5.01 Å².